The van der Waals surface area contributed by atoms with Gasteiger partial charge in [-0.1, -0.05) is 41.0 Å². The molecule has 1 aromatic carbocycles. The predicted molar refractivity (Wildman–Crippen MR) is 164 cm³/mol. The molecule has 222 valence electrons. The van der Waals surface area contributed by atoms with E-state index >= 15 is 0 Å². The minimum absolute atomic E-state index is 0.250. The van der Waals surface area contributed by atoms with Crippen LogP contribution in [-0.4, -0.2) is 50.1 Å². The lowest BCUT2D eigenvalue weighted by Crippen LogP contribution is -2.36. The monoisotopic (exact) mass is 563 g/mol. The normalized spacial score (nSPS) is 26.1. The standard InChI is InChI=1S/C10H9NO2S.C9H17N.C9H18O.C2H6.CH3NO/c1-6-11-8-3-4-9(13-2)7(5-12)10(8)14-6;1-6-7-3-4-8(5-7)9(6)10-2;1-3-6-9(4-2)7-5-8-10-9;1-2;2-1-3/h3-5H,1-2H3;6-10H,3-5H2,1-2H3;3-8H2,1-2H3;1-2H3;1H,(H2,2,3). The predicted octanol–water partition coefficient (Wildman–Crippen LogP) is 6.94. The van der Waals surface area contributed by atoms with Crippen LogP contribution in [0, 0.1) is 24.7 Å². The van der Waals surface area contributed by atoms with Crippen molar-refractivity contribution in [1.82, 2.24) is 10.3 Å². The molecule has 7 nitrogen and oxygen atoms in total. The summed E-state index contributed by atoms with van der Waals surface area (Å²) >= 11 is 1.51. The number of primary amides is 1. The first kappa shape index (κ1) is 35.0. The molecule has 2 aliphatic carbocycles. The first-order valence-electron chi connectivity index (χ1n) is 14.7. The zero-order valence-corrected chi connectivity index (χ0v) is 26.4. The highest BCUT2D eigenvalue weighted by Crippen LogP contribution is 2.48. The number of aldehydes is 1. The molecule has 5 rings (SSSR count). The van der Waals surface area contributed by atoms with E-state index in [-0.39, 0.29) is 12.0 Å². The molecular weight excluding hydrogens is 510 g/mol. The molecule has 3 aliphatic rings. The quantitative estimate of drug-likeness (QED) is 0.369. The van der Waals surface area contributed by atoms with E-state index < -0.39 is 0 Å². The van der Waals surface area contributed by atoms with Gasteiger partial charge in [-0.3, -0.25) is 9.59 Å². The van der Waals surface area contributed by atoms with Gasteiger partial charge in [0.05, 0.1) is 33.5 Å². The average molecular weight is 564 g/mol. The number of ether oxygens (including phenoxy) is 2. The van der Waals surface area contributed by atoms with Crippen molar-refractivity contribution in [2.45, 2.75) is 105 Å². The fourth-order valence-electron chi connectivity index (χ4n) is 6.34. The van der Waals surface area contributed by atoms with Crippen LogP contribution in [-0.2, 0) is 9.53 Å². The molecule has 1 aromatic heterocycles. The number of amides is 1. The van der Waals surface area contributed by atoms with Crippen LogP contribution in [0.15, 0.2) is 12.1 Å². The van der Waals surface area contributed by atoms with Gasteiger partial charge >= 0.3 is 0 Å². The van der Waals surface area contributed by atoms with Gasteiger partial charge in [0.15, 0.2) is 6.29 Å². The second-order valence-electron chi connectivity index (χ2n) is 10.3. The fraction of sp³-hybridized carbons (Fsp3) is 0.710. The van der Waals surface area contributed by atoms with Crippen LogP contribution >= 0.6 is 11.3 Å². The van der Waals surface area contributed by atoms with E-state index in [1.165, 1.54) is 62.7 Å². The number of thiazole rings is 1. The number of aromatic nitrogens is 1. The molecule has 2 bridgehead atoms. The summed E-state index contributed by atoms with van der Waals surface area (Å²) in [5.41, 5.74) is 5.90. The summed E-state index contributed by atoms with van der Waals surface area (Å²) in [5, 5.41) is 4.40. The maximum absolute atomic E-state index is 10.9. The van der Waals surface area contributed by atoms with Crippen molar-refractivity contribution in [2.75, 3.05) is 20.8 Å². The molecule has 1 saturated heterocycles. The van der Waals surface area contributed by atoms with E-state index in [1.54, 1.807) is 13.2 Å². The second-order valence-corrected chi connectivity index (χ2v) is 11.5. The van der Waals surface area contributed by atoms with Crippen molar-refractivity contribution < 1.29 is 19.1 Å². The Balaban J connectivity index is 0.000000274. The number of fused-ring (bicyclic) bond motifs is 3. The number of nitrogens with two attached hydrogens (primary N) is 1. The molecule has 5 atom stereocenters. The van der Waals surface area contributed by atoms with E-state index in [9.17, 15) is 4.79 Å². The molecule has 3 fully saturated rings. The molecule has 2 aromatic rings. The first-order chi connectivity index (χ1) is 18.8. The summed E-state index contributed by atoms with van der Waals surface area (Å²) in [5.74, 6) is 3.63. The summed E-state index contributed by atoms with van der Waals surface area (Å²) in [6, 6.07) is 4.48. The lowest BCUT2D eigenvalue weighted by Gasteiger charge is -2.27. The Hall–Kier alpha value is -2.03. The van der Waals surface area contributed by atoms with Crippen LogP contribution in [0.4, 0.5) is 0 Å². The summed E-state index contributed by atoms with van der Waals surface area (Å²) in [7, 11) is 3.67. The molecule has 5 unspecified atom stereocenters. The van der Waals surface area contributed by atoms with Gasteiger partial charge in [-0.25, -0.2) is 4.98 Å². The van der Waals surface area contributed by atoms with Gasteiger partial charge in [0.2, 0.25) is 6.41 Å². The molecular formula is C31H53N3O4S. The van der Waals surface area contributed by atoms with E-state index in [0.717, 1.165) is 51.9 Å². The number of methoxy groups -OCH3 is 1. The topological polar surface area (TPSA) is 104 Å². The highest BCUT2D eigenvalue weighted by Gasteiger charge is 2.44. The zero-order valence-electron chi connectivity index (χ0n) is 25.5. The molecule has 8 heteroatoms. The minimum Gasteiger partial charge on any atom is -0.496 e. The third-order valence-electron chi connectivity index (χ3n) is 8.20. The molecule has 0 radical (unpaired) electrons. The van der Waals surface area contributed by atoms with Crippen LogP contribution < -0.4 is 15.8 Å². The molecule has 0 spiro atoms. The summed E-state index contributed by atoms with van der Waals surface area (Å²) in [4.78, 5) is 23.8. The van der Waals surface area contributed by atoms with Crippen molar-refractivity contribution in [3.63, 3.8) is 0 Å². The van der Waals surface area contributed by atoms with Gasteiger partial charge in [-0.2, -0.15) is 0 Å². The fourth-order valence-corrected chi connectivity index (χ4v) is 7.25. The molecule has 1 amide bonds. The molecule has 3 N–H and O–H groups in total. The zero-order chi connectivity index (χ0) is 29.4. The number of nitrogens with one attached hydrogen (secondary N) is 1. The Kier molecular flexibility index (Phi) is 16.5. The molecule has 2 heterocycles. The third-order valence-corrected chi connectivity index (χ3v) is 9.22. The average Bonchev–Trinajstić information content (AvgIpc) is 3.75. The van der Waals surface area contributed by atoms with E-state index in [1.807, 2.05) is 26.8 Å². The van der Waals surface area contributed by atoms with Crippen LogP contribution in [0.3, 0.4) is 0 Å². The lowest BCUT2D eigenvalue weighted by atomic mass is 9.86. The summed E-state index contributed by atoms with van der Waals surface area (Å²) in [6.07, 6.45) is 11.8. The third kappa shape index (κ3) is 9.54. The Morgan fingerprint density at radius 2 is 1.90 bits per heavy atom. The van der Waals surface area contributed by atoms with Crippen LogP contribution in [0.5, 0.6) is 5.75 Å². The maximum atomic E-state index is 10.9. The van der Waals surface area contributed by atoms with Crippen molar-refractivity contribution >= 4 is 34.2 Å². The van der Waals surface area contributed by atoms with E-state index in [4.69, 9.17) is 14.3 Å². The number of carbonyl (C=O) groups excluding carboxylic acids is 2. The van der Waals surface area contributed by atoms with Crippen molar-refractivity contribution in [3.05, 3.63) is 22.7 Å². The van der Waals surface area contributed by atoms with E-state index in [0.29, 0.717) is 11.3 Å². The van der Waals surface area contributed by atoms with Gasteiger partial charge in [-0.05, 0) is 88.8 Å². The van der Waals surface area contributed by atoms with Crippen LogP contribution in [0.25, 0.3) is 10.2 Å². The van der Waals surface area contributed by atoms with Crippen molar-refractivity contribution in [1.29, 1.82) is 0 Å². The molecule has 39 heavy (non-hydrogen) atoms. The van der Waals surface area contributed by atoms with Crippen molar-refractivity contribution in [3.8, 4) is 5.75 Å². The van der Waals surface area contributed by atoms with Crippen LogP contribution in [0.2, 0.25) is 0 Å². The highest BCUT2D eigenvalue weighted by molar-refractivity contribution is 7.18. The summed E-state index contributed by atoms with van der Waals surface area (Å²) < 4.78 is 11.7. The number of hydrogen-bond donors (Lipinski definition) is 2. The molecule has 2 saturated carbocycles. The Bertz CT molecular complexity index is 972. The number of rotatable bonds is 6. The highest BCUT2D eigenvalue weighted by atomic mass is 32.1. The smallest absolute Gasteiger partial charge is 0.204 e. The SMILES string of the molecule is CC.CCCC1(CC)CCCO1.CNC1C2CCC(C2)C1C.COc1ccc2nc(C)sc2c1C=O.NC=O. The van der Waals surface area contributed by atoms with Crippen LogP contribution in [0.1, 0.15) is 101 Å². The number of hydrogen-bond acceptors (Lipinski definition) is 7. The first-order valence-corrected chi connectivity index (χ1v) is 15.5. The van der Waals surface area contributed by atoms with Gasteiger partial charge in [0, 0.05) is 12.6 Å². The van der Waals surface area contributed by atoms with Gasteiger partial charge in [0.25, 0.3) is 0 Å². The number of benzene rings is 1. The Morgan fingerprint density at radius 1 is 1.23 bits per heavy atom. The maximum Gasteiger partial charge on any atom is 0.204 e. The molecule has 1 aliphatic heterocycles. The number of carbonyl (C=O) groups is 2. The Morgan fingerprint density at radius 3 is 2.33 bits per heavy atom. The largest absolute Gasteiger partial charge is 0.496 e. The van der Waals surface area contributed by atoms with Crippen molar-refractivity contribution in [2.24, 2.45) is 23.5 Å². The van der Waals surface area contributed by atoms with E-state index in [2.05, 4.69) is 43.9 Å². The summed E-state index contributed by atoms with van der Waals surface area (Å²) in [6.45, 7) is 13.8. The lowest BCUT2D eigenvalue weighted by molar-refractivity contribution is -0.106. The van der Waals surface area contributed by atoms with Gasteiger partial charge in [0.1, 0.15) is 5.75 Å². The number of nitrogens with zero attached hydrogens (tertiary/aromatic N) is 1. The minimum atomic E-state index is 0.250. The Labute approximate surface area is 240 Å². The van der Waals surface area contributed by atoms with Gasteiger partial charge in [-0.15, -0.1) is 11.3 Å². The van der Waals surface area contributed by atoms with Gasteiger partial charge < -0.3 is 20.5 Å². The number of aryl methyl sites for hydroxylation is 1. The second kappa shape index (κ2) is 18.3.